The van der Waals surface area contributed by atoms with Gasteiger partial charge >= 0.3 is 0 Å². The van der Waals surface area contributed by atoms with Gasteiger partial charge in [-0.05, 0) is 42.0 Å². The summed E-state index contributed by atoms with van der Waals surface area (Å²) in [5.74, 6) is -0.739. The van der Waals surface area contributed by atoms with Crippen LogP contribution in [-0.4, -0.2) is 23.4 Å². The molecule has 0 atom stereocenters. The van der Waals surface area contributed by atoms with Gasteiger partial charge < -0.3 is 4.98 Å². The van der Waals surface area contributed by atoms with Crippen molar-refractivity contribution in [2.24, 2.45) is 0 Å². The van der Waals surface area contributed by atoms with Gasteiger partial charge in [0.1, 0.15) is 22.5 Å². The molecule has 0 saturated carbocycles. The summed E-state index contributed by atoms with van der Waals surface area (Å²) in [7, 11) is -3.66. The first-order chi connectivity index (χ1) is 14.4. The molecule has 4 rings (SSSR count). The number of sulfonamides is 1. The monoisotopic (exact) mass is 446 g/mol. The van der Waals surface area contributed by atoms with Crippen LogP contribution in [0.4, 0.5) is 8.78 Å². The van der Waals surface area contributed by atoms with Crippen molar-refractivity contribution in [2.45, 2.75) is 17.9 Å². The molecule has 0 aliphatic rings. The lowest BCUT2D eigenvalue weighted by Crippen LogP contribution is -2.23. The third-order valence-corrected chi connectivity index (χ3v) is 6.48. The topological polar surface area (TPSA) is 87.7 Å². The molecule has 2 N–H and O–H groups in total. The second-order valence-electron chi connectivity index (χ2n) is 6.49. The van der Waals surface area contributed by atoms with Crippen LogP contribution in [0.1, 0.15) is 16.3 Å². The molecule has 0 amide bonds. The molecule has 10 heteroatoms. The molecule has 0 radical (unpaired) electrons. The maximum Gasteiger partial charge on any atom is 0.240 e. The van der Waals surface area contributed by atoms with Gasteiger partial charge in [0, 0.05) is 41.5 Å². The maximum absolute atomic E-state index is 13.3. The van der Waals surface area contributed by atoms with E-state index in [9.17, 15) is 17.2 Å². The number of nitrogens with one attached hydrogen (secondary N) is 2. The number of imidazole rings is 1. The SMILES string of the molecule is O=S(=O)(NCc1nccs1)c1ccc(-c2ncc(Cc3cc(F)cc(F)c3)[nH]2)cc1. The summed E-state index contributed by atoms with van der Waals surface area (Å²) in [5.41, 5.74) is 1.85. The smallest absolute Gasteiger partial charge is 0.240 e. The second kappa shape index (κ2) is 8.42. The number of H-pyrrole nitrogens is 1. The van der Waals surface area contributed by atoms with Gasteiger partial charge in [-0.15, -0.1) is 11.3 Å². The predicted molar refractivity (Wildman–Crippen MR) is 109 cm³/mol. The summed E-state index contributed by atoms with van der Waals surface area (Å²) >= 11 is 1.37. The van der Waals surface area contributed by atoms with E-state index in [-0.39, 0.29) is 17.9 Å². The molecule has 0 spiro atoms. The standard InChI is InChI=1S/C20H16F2N4O2S2/c21-15-7-13(8-16(22)10-15)9-17-11-24-20(26-17)14-1-3-18(4-2-14)30(27,28)25-12-19-23-5-6-29-19/h1-8,10-11,25H,9,12H2,(H,24,26). The van der Waals surface area contributed by atoms with Crippen LogP contribution in [0.2, 0.25) is 0 Å². The van der Waals surface area contributed by atoms with Crippen LogP contribution in [0, 0.1) is 11.6 Å². The Morgan fingerprint density at radius 1 is 1.03 bits per heavy atom. The van der Waals surface area contributed by atoms with Gasteiger partial charge in [0.25, 0.3) is 0 Å². The molecule has 2 aromatic carbocycles. The molecule has 4 aromatic rings. The Morgan fingerprint density at radius 2 is 1.77 bits per heavy atom. The molecule has 30 heavy (non-hydrogen) atoms. The highest BCUT2D eigenvalue weighted by molar-refractivity contribution is 7.89. The fourth-order valence-electron chi connectivity index (χ4n) is 2.90. The first-order valence-corrected chi connectivity index (χ1v) is 11.2. The Morgan fingerprint density at radius 3 is 2.43 bits per heavy atom. The Kier molecular flexibility index (Phi) is 5.71. The number of rotatable bonds is 7. The summed E-state index contributed by atoms with van der Waals surface area (Å²) in [6.07, 6.45) is 3.48. The van der Waals surface area contributed by atoms with E-state index in [4.69, 9.17) is 0 Å². The van der Waals surface area contributed by atoms with E-state index in [2.05, 4.69) is 19.7 Å². The zero-order valence-corrected chi connectivity index (χ0v) is 17.1. The summed E-state index contributed by atoms with van der Waals surface area (Å²) < 4.78 is 54.0. The van der Waals surface area contributed by atoms with Crippen LogP contribution in [-0.2, 0) is 23.0 Å². The summed E-state index contributed by atoms with van der Waals surface area (Å²) in [4.78, 5) is 11.5. The first kappa shape index (κ1) is 20.3. The molecule has 0 fully saturated rings. The summed E-state index contributed by atoms with van der Waals surface area (Å²) in [6.45, 7) is 0.129. The van der Waals surface area contributed by atoms with Crippen molar-refractivity contribution >= 4 is 21.4 Å². The predicted octanol–water partition coefficient (Wildman–Crippen LogP) is 3.88. The molecule has 2 heterocycles. The lowest BCUT2D eigenvalue weighted by Gasteiger charge is -2.06. The van der Waals surface area contributed by atoms with E-state index in [1.54, 1.807) is 29.9 Å². The number of thiazole rings is 1. The molecule has 0 aliphatic carbocycles. The van der Waals surface area contributed by atoms with E-state index in [0.717, 1.165) is 6.07 Å². The second-order valence-corrected chi connectivity index (χ2v) is 9.23. The van der Waals surface area contributed by atoms with Crippen molar-refractivity contribution in [3.63, 3.8) is 0 Å². The largest absolute Gasteiger partial charge is 0.342 e. The lowest BCUT2D eigenvalue weighted by molar-refractivity contribution is 0.579. The van der Waals surface area contributed by atoms with E-state index < -0.39 is 21.7 Å². The van der Waals surface area contributed by atoms with Gasteiger partial charge in [-0.25, -0.2) is 31.9 Å². The molecule has 0 aliphatic heterocycles. The minimum atomic E-state index is -3.66. The third-order valence-electron chi connectivity index (χ3n) is 4.28. The van der Waals surface area contributed by atoms with E-state index in [0.29, 0.717) is 27.7 Å². The molecular formula is C20H16F2N4O2S2. The van der Waals surface area contributed by atoms with Crippen LogP contribution in [0.3, 0.4) is 0 Å². The fourth-order valence-corrected chi connectivity index (χ4v) is 4.54. The van der Waals surface area contributed by atoms with Gasteiger partial charge in [0.2, 0.25) is 10.0 Å². The molecule has 2 aromatic heterocycles. The highest BCUT2D eigenvalue weighted by atomic mass is 32.2. The van der Waals surface area contributed by atoms with Gasteiger partial charge in [0.05, 0.1) is 11.4 Å². The van der Waals surface area contributed by atoms with E-state index in [1.807, 2.05) is 0 Å². The fraction of sp³-hybridized carbons (Fsp3) is 0.100. The minimum absolute atomic E-state index is 0.129. The minimum Gasteiger partial charge on any atom is -0.342 e. The zero-order valence-electron chi connectivity index (χ0n) is 15.5. The molecule has 6 nitrogen and oxygen atoms in total. The maximum atomic E-state index is 13.3. The van der Waals surface area contributed by atoms with E-state index in [1.165, 1.54) is 35.6 Å². The van der Waals surface area contributed by atoms with Gasteiger partial charge in [-0.1, -0.05) is 0 Å². The molecule has 0 unspecified atom stereocenters. The number of hydrogen-bond donors (Lipinski definition) is 2. The lowest BCUT2D eigenvalue weighted by atomic mass is 10.1. The molecule has 0 saturated heterocycles. The summed E-state index contributed by atoms with van der Waals surface area (Å²) in [5, 5.41) is 2.46. The van der Waals surface area contributed by atoms with Crippen molar-refractivity contribution in [3.8, 4) is 11.4 Å². The Balaban J connectivity index is 1.46. The quantitative estimate of drug-likeness (QED) is 0.451. The highest BCUT2D eigenvalue weighted by Crippen LogP contribution is 2.20. The molecule has 0 bridgehead atoms. The van der Waals surface area contributed by atoms with Crippen LogP contribution in [0.5, 0.6) is 0 Å². The van der Waals surface area contributed by atoms with Crippen molar-refractivity contribution in [1.29, 1.82) is 0 Å². The first-order valence-electron chi connectivity index (χ1n) is 8.86. The zero-order chi connectivity index (χ0) is 21.1. The molecule has 154 valence electrons. The van der Waals surface area contributed by atoms with Crippen LogP contribution in [0.25, 0.3) is 11.4 Å². The summed E-state index contributed by atoms with van der Waals surface area (Å²) in [6, 6.07) is 9.62. The normalized spacial score (nSPS) is 11.7. The Labute approximate surface area is 175 Å². The van der Waals surface area contributed by atoms with Gasteiger partial charge in [0.15, 0.2) is 0 Å². The van der Waals surface area contributed by atoms with Crippen molar-refractivity contribution in [2.75, 3.05) is 0 Å². The van der Waals surface area contributed by atoms with Crippen LogP contribution >= 0.6 is 11.3 Å². The Hall–Kier alpha value is -2.95. The number of aromatic nitrogens is 3. The van der Waals surface area contributed by atoms with E-state index >= 15 is 0 Å². The van der Waals surface area contributed by atoms with Crippen LogP contribution < -0.4 is 4.72 Å². The number of hydrogen-bond acceptors (Lipinski definition) is 5. The number of benzene rings is 2. The van der Waals surface area contributed by atoms with Crippen molar-refractivity contribution < 1.29 is 17.2 Å². The molecular weight excluding hydrogens is 430 g/mol. The number of nitrogens with zero attached hydrogens (tertiary/aromatic N) is 2. The average Bonchev–Trinajstić information content (AvgIpc) is 3.38. The number of halogens is 2. The average molecular weight is 447 g/mol. The van der Waals surface area contributed by atoms with Crippen molar-refractivity contribution in [1.82, 2.24) is 19.7 Å². The van der Waals surface area contributed by atoms with Crippen molar-refractivity contribution in [3.05, 3.63) is 88.1 Å². The number of aromatic amines is 1. The van der Waals surface area contributed by atoms with Crippen LogP contribution in [0.15, 0.2) is 65.1 Å². The highest BCUT2D eigenvalue weighted by Gasteiger charge is 2.15. The van der Waals surface area contributed by atoms with Gasteiger partial charge in [-0.2, -0.15) is 0 Å². The van der Waals surface area contributed by atoms with Gasteiger partial charge in [-0.3, -0.25) is 0 Å². The third kappa shape index (κ3) is 4.78. The Bertz CT molecular complexity index is 1230.